The molecule has 5 nitrogen and oxygen atoms in total. The first-order valence-corrected chi connectivity index (χ1v) is 9.48. The molecular formula is C21H26INO4. The van der Waals surface area contributed by atoms with Crippen molar-refractivity contribution in [3.8, 4) is 11.5 Å². The van der Waals surface area contributed by atoms with Crippen LogP contribution in [0.3, 0.4) is 0 Å². The van der Waals surface area contributed by atoms with Crippen LogP contribution in [0.4, 0.5) is 0 Å². The van der Waals surface area contributed by atoms with E-state index in [0.29, 0.717) is 18.6 Å². The summed E-state index contributed by atoms with van der Waals surface area (Å²) in [6.45, 7) is 5.81. The van der Waals surface area contributed by atoms with Crippen LogP contribution in [0.5, 0.6) is 11.5 Å². The van der Waals surface area contributed by atoms with Gasteiger partial charge in [0.1, 0.15) is 11.6 Å². The highest BCUT2D eigenvalue weighted by atomic mass is 127. The van der Waals surface area contributed by atoms with Crippen LogP contribution >= 0.6 is 0 Å². The zero-order valence-corrected chi connectivity index (χ0v) is 18.0. The molecule has 0 radical (unpaired) electrons. The summed E-state index contributed by atoms with van der Waals surface area (Å²) in [4.78, 5) is 12.9. The molecule has 3 unspecified atom stereocenters. The molecule has 0 aromatic heterocycles. The van der Waals surface area contributed by atoms with Crippen molar-refractivity contribution < 1.29 is 47.8 Å². The number of likely N-dealkylation sites (tertiary alicyclic amines) is 1. The minimum absolute atomic E-state index is 0. The molecule has 0 amide bonds. The fraction of sp³-hybridized carbons (Fsp3) is 0.571. The number of halogens is 1. The lowest BCUT2D eigenvalue weighted by molar-refractivity contribution is -0.944. The fourth-order valence-electron chi connectivity index (χ4n) is 6.73. The van der Waals surface area contributed by atoms with Crippen LogP contribution in [0.25, 0.3) is 0 Å². The Kier molecular flexibility index (Phi) is 4.22. The second-order valence-corrected chi connectivity index (χ2v) is 8.62. The number of benzene rings is 1. The molecular weight excluding hydrogens is 457 g/mol. The fourth-order valence-corrected chi connectivity index (χ4v) is 6.73. The first kappa shape index (κ1) is 19.2. The van der Waals surface area contributed by atoms with Crippen LogP contribution in [0.15, 0.2) is 24.8 Å². The van der Waals surface area contributed by atoms with E-state index >= 15 is 0 Å². The maximum Gasteiger partial charge on any atom is 0.174 e. The Hall–Kier alpha value is -1.12. The van der Waals surface area contributed by atoms with Gasteiger partial charge >= 0.3 is 0 Å². The summed E-state index contributed by atoms with van der Waals surface area (Å²) in [6.07, 6.45) is 4.32. The molecule has 2 heterocycles. The number of Topliss-reactive ketones (excluding diaryl/α,β-unsaturated/α-hetero) is 1. The number of methoxy groups -OCH3 is 1. The van der Waals surface area contributed by atoms with Crippen molar-refractivity contribution in [1.82, 2.24) is 0 Å². The molecule has 1 saturated heterocycles. The summed E-state index contributed by atoms with van der Waals surface area (Å²) >= 11 is 0. The van der Waals surface area contributed by atoms with Gasteiger partial charge in [0.15, 0.2) is 23.4 Å². The predicted octanol–water partition coefficient (Wildman–Crippen LogP) is -0.896. The Balaban J connectivity index is 0.00000180. The average Bonchev–Trinajstić information content (AvgIpc) is 2.99. The van der Waals surface area contributed by atoms with Gasteiger partial charge in [0, 0.05) is 31.9 Å². The third-order valence-electron chi connectivity index (χ3n) is 7.77. The van der Waals surface area contributed by atoms with E-state index in [1.165, 1.54) is 5.56 Å². The van der Waals surface area contributed by atoms with Gasteiger partial charge in [0.05, 0.1) is 25.6 Å². The minimum atomic E-state index is -0.543. The summed E-state index contributed by atoms with van der Waals surface area (Å²) in [6, 6.07) is 3.96. The SMILES string of the molecule is C=CC[N@+]1(C)CC[C@]23c4c5ccc(O)c4OC2C(=O)CCC3(OC)C1C5.[I-]. The molecule has 2 bridgehead atoms. The topological polar surface area (TPSA) is 55.8 Å². The van der Waals surface area contributed by atoms with Crippen molar-refractivity contribution in [2.75, 3.05) is 27.2 Å². The maximum absolute atomic E-state index is 12.9. The number of ketones is 1. The minimum Gasteiger partial charge on any atom is -1.00 e. The third kappa shape index (κ3) is 1.99. The quantitative estimate of drug-likeness (QED) is 0.344. The zero-order chi connectivity index (χ0) is 18.3. The van der Waals surface area contributed by atoms with E-state index in [0.717, 1.165) is 36.0 Å². The molecule has 27 heavy (non-hydrogen) atoms. The third-order valence-corrected chi connectivity index (χ3v) is 7.77. The van der Waals surface area contributed by atoms with E-state index in [2.05, 4.69) is 13.6 Å². The molecule has 1 saturated carbocycles. The Morgan fingerprint density at radius 3 is 2.93 bits per heavy atom. The van der Waals surface area contributed by atoms with Gasteiger partial charge in [-0.15, -0.1) is 0 Å². The van der Waals surface area contributed by atoms with Crippen molar-refractivity contribution >= 4 is 5.78 Å². The number of carbonyl (C=O) groups is 1. The van der Waals surface area contributed by atoms with Gasteiger partial charge in [0.2, 0.25) is 0 Å². The van der Waals surface area contributed by atoms with Crippen LogP contribution < -0.4 is 28.7 Å². The highest BCUT2D eigenvalue weighted by Gasteiger charge is 2.77. The average molecular weight is 483 g/mol. The van der Waals surface area contributed by atoms with Crippen molar-refractivity contribution in [2.45, 2.75) is 48.8 Å². The van der Waals surface area contributed by atoms with Crippen LogP contribution in [-0.2, 0) is 21.4 Å². The number of ether oxygens (including phenoxy) is 2. The van der Waals surface area contributed by atoms with Crippen molar-refractivity contribution in [2.24, 2.45) is 0 Å². The monoisotopic (exact) mass is 483 g/mol. The molecule has 5 atom stereocenters. The summed E-state index contributed by atoms with van der Waals surface area (Å²) in [5.41, 5.74) is 1.30. The number of piperidine rings is 1. The first-order chi connectivity index (χ1) is 12.4. The van der Waals surface area contributed by atoms with E-state index in [4.69, 9.17) is 9.47 Å². The number of likely N-dealkylation sites (N-methyl/N-ethyl adjacent to an activating group) is 1. The number of nitrogens with zero attached hydrogens (tertiary/aromatic N) is 1. The van der Waals surface area contributed by atoms with Gasteiger partial charge in [-0.05, 0) is 24.1 Å². The molecule has 1 N–H and O–H groups in total. The molecule has 146 valence electrons. The molecule has 4 aliphatic rings. The van der Waals surface area contributed by atoms with Crippen LogP contribution in [0.1, 0.15) is 30.4 Å². The highest BCUT2D eigenvalue weighted by molar-refractivity contribution is 5.90. The molecule has 1 spiro atoms. The molecule has 2 aliphatic carbocycles. The second kappa shape index (κ2) is 5.94. The molecule has 2 fully saturated rings. The highest BCUT2D eigenvalue weighted by Crippen LogP contribution is 2.66. The Bertz CT molecular complexity index is 842. The number of aromatic hydroxyl groups is 1. The first-order valence-electron chi connectivity index (χ1n) is 9.48. The Morgan fingerprint density at radius 1 is 1.44 bits per heavy atom. The number of hydrogen-bond acceptors (Lipinski definition) is 4. The summed E-state index contributed by atoms with van der Waals surface area (Å²) in [7, 11) is 4.07. The number of carbonyl (C=O) groups excluding carboxylic acids is 1. The standard InChI is InChI=1S/C21H25NO4.HI/c1-4-10-22(2)11-9-20-17-13-5-6-14(23)18(17)26-19(20)15(24)7-8-21(20,25-3)16(22)12-13;/h4-6,16,19H,1,7-12H2,2-3H3;1H/t16?,19?,20-,21?,22+;/m0./s1. The van der Waals surface area contributed by atoms with Crippen LogP contribution in [0.2, 0.25) is 0 Å². The van der Waals surface area contributed by atoms with Crippen molar-refractivity contribution in [3.05, 3.63) is 35.9 Å². The van der Waals surface area contributed by atoms with Gasteiger partial charge in [-0.2, -0.15) is 0 Å². The van der Waals surface area contributed by atoms with E-state index < -0.39 is 17.1 Å². The lowest BCUT2D eigenvalue weighted by atomic mass is 9.48. The molecule has 1 aromatic carbocycles. The normalized spacial score (nSPS) is 40.6. The second-order valence-electron chi connectivity index (χ2n) is 8.62. The van der Waals surface area contributed by atoms with Gasteiger partial charge in [-0.1, -0.05) is 12.6 Å². The molecule has 2 aliphatic heterocycles. The number of phenols is 1. The van der Waals surface area contributed by atoms with E-state index in [9.17, 15) is 9.90 Å². The number of hydrogen-bond donors (Lipinski definition) is 1. The number of quaternary nitrogens is 1. The Morgan fingerprint density at radius 2 is 2.22 bits per heavy atom. The number of phenolic OH excluding ortho intramolecular Hbond substituents is 1. The van der Waals surface area contributed by atoms with Gasteiger partial charge in [-0.25, -0.2) is 0 Å². The van der Waals surface area contributed by atoms with Crippen molar-refractivity contribution in [1.29, 1.82) is 0 Å². The van der Waals surface area contributed by atoms with Gasteiger partial charge in [0.25, 0.3) is 0 Å². The summed E-state index contributed by atoms with van der Waals surface area (Å²) in [5, 5.41) is 10.4. The number of rotatable bonds is 3. The summed E-state index contributed by atoms with van der Waals surface area (Å²) < 4.78 is 13.4. The van der Waals surface area contributed by atoms with E-state index in [1.807, 2.05) is 12.1 Å². The largest absolute Gasteiger partial charge is 1.00 e. The molecule has 1 aromatic rings. The van der Waals surface area contributed by atoms with Crippen LogP contribution in [0, 0.1) is 0 Å². The smallest absolute Gasteiger partial charge is 0.174 e. The predicted molar refractivity (Wildman–Crippen MR) is 96.4 cm³/mol. The summed E-state index contributed by atoms with van der Waals surface area (Å²) in [5.74, 6) is 0.792. The lowest BCUT2D eigenvalue weighted by Crippen LogP contribution is -3.00. The Labute approximate surface area is 176 Å². The zero-order valence-electron chi connectivity index (χ0n) is 15.8. The maximum atomic E-state index is 12.9. The van der Waals surface area contributed by atoms with E-state index in [-0.39, 0.29) is 41.6 Å². The van der Waals surface area contributed by atoms with E-state index in [1.54, 1.807) is 13.2 Å². The van der Waals surface area contributed by atoms with Crippen molar-refractivity contribution in [3.63, 3.8) is 0 Å². The van der Waals surface area contributed by atoms with Crippen LogP contribution in [-0.4, -0.2) is 60.4 Å². The molecule has 6 heteroatoms. The van der Waals surface area contributed by atoms with Gasteiger partial charge in [-0.3, -0.25) is 4.79 Å². The lowest BCUT2D eigenvalue weighted by Gasteiger charge is -2.65. The van der Waals surface area contributed by atoms with Gasteiger partial charge < -0.3 is 43.0 Å². The molecule has 5 rings (SSSR count).